The van der Waals surface area contributed by atoms with Crippen LogP contribution in [0.25, 0.3) is 0 Å². The molecule has 0 aromatic rings. The molecule has 5 heteroatoms. The standard InChI is InChI=1S/C27H49NO4/c1-4-5-6-7-8-9-10-11-12-13-14-15-18-22-19-16-17-20-23(22)25(29)24-21-32-27(2,3)28(24)26(30)31/h24-25,29H,4-21H2,1-3H3,(H,30,31)/t24-,25+/m1/s1. The summed E-state index contributed by atoms with van der Waals surface area (Å²) in [7, 11) is 0. The second kappa shape index (κ2) is 14.2. The lowest BCUT2D eigenvalue weighted by Crippen LogP contribution is -2.51. The molecule has 1 aliphatic carbocycles. The molecule has 1 fully saturated rings. The van der Waals surface area contributed by atoms with Gasteiger partial charge in [-0.25, -0.2) is 4.79 Å². The van der Waals surface area contributed by atoms with Gasteiger partial charge in [0, 0.05) is 0 Å². The van der Waals surface area contributed by atoms with E-state index in [4.69, 9.17) is 4.74 Å². The van der Waals surface area contributed by atoms with E-state index in [1.54, 1.807) is 13.8 Å². The van der Waals surface area contributed by atoms with Crippen molar-refractivity contribution in [2.24, 2.45) is 0 Å². The minimum Gasteiger partial charge on any atom is -0.465 e. The Balaban J connectivity index is 1.72. The van der Waals surface area contributed by atoms with E-state index in [1.807, 2.05) is 0 Å². The summed E-state index contributed by atoms with van der Waals surface area (Å²) in [5, 5.41) is 20.8. The number of amides is 1. The van der Waals surface area contributed by atoms with Gasteiger partial charge in [0.05, 0.1) is 18.8 Å². The van der Waals surface area contributed by atoms with E-state index in [0.29, 0.717) is 0 Å². The second-order valence-electron chi connectivity index (χ2n) is 10.4. The number of ether oxygens (including phenoxy) is 1. The SMILES string of the molecule is CCCCCCCCCCCCCCC1=C([C@H](O)[C@H]2COC(C)(C)N2C(=O)O)CCCC1. The van der Waals surface area contributed by atoms with Gasteiger partial charge in [0.2, 0.25) is 0 Å². The number of carbonyl (C=O) groups is 1. The van der Waals surface area contributed by atoms with Gasteiger partial charge in [-0.15, -0.1) is 0 Å². The van der Waals surface area contributed by atoms with E-state index < -0.39 is 24.0 Å². The minimum absolute atomic E-state index is 0.260. The summed E-state index contributed by atoms with van der Waals surface area (Å²) in [6, 6.07) is -0.507. The quantitative estimate of drug-likeness (QED) is 0.201. The molecule has 2 N–H and O–H groups in total. The fourth-order valence-electron chi connectivity index (χ4n) is 5.48. The number of rotatable bonds is 15. The first-order valence-corrected chi connectivity index (χ1v) is 13.4. The molecule has 1 aliphatic heterocycles. The molecule has 1 amide bonds. The van der Waals surface area contributed by atoms with Crippen LogP contribution in [-0.4, -0.2) is 45.7 Å². The largest absolute Gasteiger partial charge is 0.465 e. The Bertz CT molecular complexity index is 586. The summed E-state index contributed by atoms with van der Waals surface area (Å²) in [5.41, 5.74) is 1.59. The smallest absolute Gasteiger partial charge is 0.410 e. The van der Waals surface area contributed by atoms with Crippen molar-refractivity contribution in [1.82, 2.24) is 4.90 Å². The number of allylic oxidation sites excluding steroid dienone is 1. The Kier molecular flexibility index (Phi) is 12.1. The second-order valence-corrected chi connectivity index (χ2v) is 10.4. The van der Waals surface area contributed by atoms with Crippen LogP contribution in [0.1, 0.15) is 130 Å². The predicted molar refractivity (Wildman–Crippen MR) is 131 cm³/mol. The van der Waals surface area contributed by atoms with Crippen LogP contribution in [-0.2, 0) is 4.74 Å². The van der Waals surface area contributed by atoms with Crippen LogP contribution in [0.3, 0.4) is 0 Å². The maximum absolute atomic E-state index is 11.8. The molecule has 1 saturated heterocycles. The molecule has 2 rings (SSSR count). The summed E-state index contributed by atoms with van der Waals surface area (Å²) in [6.07, 6.45) is 19.6. The fraction of sp³-hybridized carbons (Fsp3) is 0.889. The summed E-state index contributed by atoms with van der Waals surface area (Å²) in [5.74, 6) is 0. The molecule has 0 radical (unpaired) electrons. The summed E-state index contributed by atoms with van der Waals surface area (Å²) < 4.78 is 5.71. The molecule has 0 saturated carbocycles. The van der Waals surface area contributed by atoms with Gasteiger partial charge in [-0.2, -0.15) is 0 Å². The fourth-order valence-corrected chi connectivity index (χ4v) is 5.48. The lowest BCUT2D eigenvalue weighted by molar-refractivity contribution is -0.0454. The average molecular weight is 452 g/mol. The van der Waals surface area contributed by atoms with Gasteiger partial charge in [-0.05, 0) is 57.9 Å². The van der Waals surface area contributed by atoms with Crippen molar-refractivity contribution in [3.8, 4) is 0 Å². The van der Waals surface area contributed by atoms with Gasteiger partial charge in [-0.1, -0.05) is 83.1 Å². The molecule has 2 aliphatic rings. The Hall–Kier alpha value is -1.07. The molecule has 32 heavy (non-hydrogen) atoms. The lowest BCUT2D eigenvalue weighted by Gasteiger charge is -2.35. The monoisotopic (exact) mass is 451 g/mol. The highest BCUT2D eigenvalue weighted by atomic mass is 16.5. The summed E-state index contributed by atoms with van der Waals surface area (Å²) >= 11 is 0. The zero-order valence-corrected chi connectivity index (χ0v) is 21.0. The number of nitrogens with zero attached hydrogens (tertiary/aromatic N) is 1. The first-order valence-electron chi connectivity index (χ1n) is 13.4. The Morgan fingerprint density at radius 3 is 2.06 bits per heavy atom. The van der Waals surface area contributed by atoms with Gasteiger partial charge < -0.3 is 14.9 Å². The molecular weight excluding hydrogens is 402 g/mol. The van der Waals surface area contributed by atoms with Crippen LogP contribution in [0.5, 0.6) is 0 Å². The highest BCUT2D eigenvalue weighted by molar-refractivity contribution is 5.67. The van der Waals surface area contributed by atoms with Crippen molar-refractivity contribution < 1.29 is 19.7 Å². The predicted octanol–water partition coefficient (Wildman–Crippen LogP) is 7.42. The third-order valence-electron chi connectivity index (χ3n) is 7.41. The zero-order chi connectivity index (χ0) is 23.4. The third kappa shape index (κ3) is 8.37. The lowest BCUT2D eigenvalue weighted by atomic mass is 9.83. The molecule has 0 bridgehead atoms. The van der Waals surface area contributed by atoms with E-state index in [9.17, 15) is 15.0 Å². The molecule has 186 valence electrons. The molecule has 1 heterocycles. The number of hydrogen-bond donors (Lipinski definition) is 2. The molecule has 2 atom stereocenters. The van der Waals surface area contributed by atoms with E-state index in [-0.39, 0.29) is 6.61 Å². The van der Waals surface area contributed by atoms with Crippen LogP contribution in [0.2, 0.25) is 0 Å². The van der Waals surface area contributed by atoms with E-state index in [0.717, 1.165) is 31.3 Å². The molecular formula is C27H49NO4. The Labute approximate surface area is 196 Å². The maximum Gasteiger partial charge on any atom is 0.410 e. The van der Waals surface area contributed by atoms with Crippen LogP contribution in [0, 0.1) is 0 Å². The highest BCUT2D eigenvalue weighted by Gasteiger charge is 2.47. The number of carboxylic acid groups (broad SMARTS) is 1. The third-order valence-corrected chi connectivity index (χ3v) is 7.41. The van der Waals surface area contributed by atoms with Crippen LogP contribution < -0.4 is 0 Å². The van der Waals surface area contributed by atoms with Crippen molar-refractivity contribution >= 4 is 6.09 Å². The van der Waals surface area contributed by atoms with Gasteiger partial charge in [0.15, 0.2) is 0 Å². The van der Waals surface area contributed by atoms with Crippen molar-refractivity contribution in [2.75, 3.05) is 6.61 Å². The molecule has 0 aromatic carbocycles. The zero-order valence-electron chi connectivity index (χ0n) is 21.0. The molecule has 0 spiro atoms. The highest BCUT2D eigenvalue weighted by Crippen LogP contribution is 2.36. The van der Waals surface area contributed by atoms with Crippen molar-refractivity contribution in [2.45, 2.75) is 148 Å². The number of unbranched alkanes of at least 4 members (excludes halogenated alkanes) is 11. The van der Waals surface area contributed by atoms with E-state index in [1.165, 1.54) is 93.9 Å². The number of aliphatic hydroxyl groups excluding tert-OH is 1. The van der Waals surface area contributed by atoms with Gasteiger partial charge in [-0.3, -0.25) is 4.90 Å². The summed E-state index contributed by atoms with van der Waals surface area (Å²) in [4.78, 5) is 13.1. The minimum atomic E-state index is -1.02. The van der Waals surface area contributed by atoms with E-state index >= 15 is 0 Å². The molecule has 0 unspecified atom stereocenters. The van der Waals surface area contributed by atoms with Crippen LogP contribution in [0.4, 0.5) is 4.79 Å². The first kappa shape index (κ1) is 27.2. The van der Waals surface area contributed by atoms with Gasteiger partial charge >= 0.3 is 6.09 Å². The topological polar surface area (TPSA) is 70.0 Å². The van der Waals surface area contributed by atoms with Crippen molar-refractivity contribution in [3.05, 3.63) is 11.1 Å². The van der Waals surface area contributed by atoms with Crippen LogP contribution in [0.15, 0.2) is 11.1 Å². The number of aliphatic hydroxyl groups is 1. The molecule has 0 aromatic heterocycles. The van der Waals surface area contributed by atoms with Crippen molar-refractivity contribution in [1.29, 1.82) is 0 Å². The number of hydrogen-bond acceptors (Lipinski definition) is 3. The van der Waals surface area contributed by atoms with E-state index in [2.05, 4.69) is 6.92 Å². The average Bonchev–Trinajstić information content (AvgIpc) is 3.09. The van der Waals surface area contributed by atoms with Gasteiger partial charge in [0.1, 0.15) is 5.72 Å². The summed E-state index contributed by atoms with van der Waals surface area (Å²) in [6.45, 7) is 6.05. The maximum atomic E-state index is 11.8. The Morgan fingerprint density at radius 2 is 1.50 bits per heavy atom. The van der Waals surface area contributed by atoms with Crippen molar-refractivity contribution in [3.63, 3.8) is 0 Å². The van der Waals surface area contributed by atoms with Gasteiger partial charge in [0.25, 0.3) is 0 Å². The molecule has 5 nitrogen and oxygen atoms in total. The van der Waals surface area contributed by atoms with Crippen LogP contribution >= 0.6 is 0 Å². The Morgan fingerprint density at radius 1 is 0.969 bits per heavy atom. The first-order chi connectivity index (χ1) is 15.4. The normalized spacial score (nSPS) is 21.9.